The Balaban J connectivity index is 2.98. The molecule has 3 N–H and O–H groups in total. The SMILES string of the molecule is NC1CC(=O)OOC(=O)/C=C(\C(=O)O)OC1=O. The molecule has 17 heavy (non-hydrogen) atoms. The second kappa shape index (κ2) is 5.07. The van der Waals surface area contributed by atoms with Gasteiger partial charge in [-0.1, -0.05) is 0 Å². The molecule has 0 aromatic rings. The molecule has 9 heteroatoms. The zero-order valence-corrected chi connectivity index (χ0v) is 8.24. The van der Waals surface area contributed by atoms with E-state index in [0.29, 0.717) is 6.08 Å². The van der Waals surface area contributed by atoms with E-state index in [0.717, 1.165) is 0 Å². The van der Waals surface area contributed by atoms with Crippen molar-refractivity contribution in [2.24, 2.45) is 5.73 Å². The van der Waals surface area contributed by atoms with E-state index >= 15 is 0 Å². The Bertz CT molecular complexity index is 412. The molecule has 0 fully saturated rings. The topological polar surface area (TPSA) is 142 Å². The molecule has 0 radical (unpaired) electrons. The van der Waals surface area contributed by atoms with Gasteiger partial charge in [0.15, 0.2) is 0 Å². The fourth-order valence-electron chi connectivity index (χ4n) is 0.834. The van der Waals surface area contributed by atoms with E-state index in [9.17, 15) is 19.2 Å². The summed E-state index contributed by atoms with van der Waals surface area (Å²) in [6.07, 6.45) is -0.273. The lowest BCUT2D eigenvalue weighted by Gasteiger charge is -2.11. The third kappa shape index (κ3) is 3.57. The minimum Gasteiger partial charge on any atom is -0.475 e. The fraction of sp³-hybridized carbons (Fsp3) is 0.250. The number of carboxylic acid groups (broad SMARTS) is 1. The Kier molecular flexibility index (Phi) is 3.78. The van der Waals surface area contributed by atoms with Gasteiger partial charge >= 0.3 is 23.9 Å². The van der Waals surface area contributed by atoms with Crippen molar-refractivity contribution in [2.45, 2.75) is 12.5 Å². The summed E-state index contributed by atoms with van der Waals surface area (Å²) in [7, 11) is 0. The van der Waals surface area contributed by atoms with Crippen LogP contribution in [0.2, 0.25) is 0 Å². The van der Waals surface area contributed by atoms with Crippen LogP contribution in [0.1, 0.15) is 6.42 Å². The molecule has 92 valence electrons. The van der Waals surface area contributed by atoms with Gasteiger partial charge in [-0.25, -0.2) is 29.0 Å². The zero-order chi connectivity index (χ0) is 13.0. The number of esters is 1. The monoisotopic (exact) mass is 245 g/mol. The number of hydrogen-bond donors (Lipinski definition) is 2. The van der Waals surface area contributed by atoms with E-state index in [1.807, 2.05) is 0 Å². The summed E-state index contributed by atoms with van der Waals surface area (Å²) in [6.45, 7) is 0. The Labute approximate surface area is 93.6 Å². The molecule has 1 rings (SSSR count). The van der Waals surface area contributed by atoms with Gasteiger partial charge in [0.25, 0.3) is 0 Å². The predicted octanol–water partition coefficient (Wildman–Crippen LogP) is -1.77. The average Bonchev–Trinajstić information content (AvgIpc) is 2.24. The molecule has 0 aliphatic carbocycles. The second-order valence-corrected chi connectivity index (χ2v) is 2.90. The van der Waals surface area contributed by atoms with E-state index in [4.69, 9.17) is 10.8 Å². The summed E-state index contributed by atoms with van der Waals surface area (Å²) in [4.78, 5) is 51.4. The van der Waals surface area contributed by atoms with Gasteiger partial charge in [-0.3, -0.25) is 0 Å². The quantitative estimate of drug-likeness (QED) is 0.405. The minimum absolute atomic E-state index is 0.339. The summed E-state index contributed by atoms with van der Waals surface area (Å²) in [6, 6.07) is -1.41. The van der Waals surface area contributed by atoms with Crippen molar-refractivity contribution in [3.05, 3.63) is 11.8 Å². The molecule has 1 heterocycles. The third-order valence-corrected chi connectivity index (χ3v) is 1.58. The molecule has 0 bridgehead atoms. The summed E-state index contributed by atoms with van der Waals surface area (Å²) in [5.74, 6) is -6.19. The lowest BCUT2D eigenvalue weighted by Crippen LogP contribution is -2.36. The zero-order valence-electron chi connectivity index (χ0n) is 8.24. The molecule has 1 aliphatic rings. The molecule has 1 atom stereocenters. The maximum atomic E-state index is 11.2. The molecular formula is C8H7NO8. The van der Waals surface area contributed by atoms with Gasteiger partial charge in [-0.15, -0.1) is 0 Å². The Morgan fingerprint density at radius 3 is 2.59 bits per heavy atom. The van der Waals surface area contributed by atoms with Crippen LogP contribution in [0, 0.1) is 0 Å². The van der Waals surface area contributed by atoms with Crippen LogP contribution in [0.5, 0.6) is 0 Å². The highest BCUT2D eigenvalue weighted by Gasteiger charge is 2.27. The van der Waals surface area contributed by atoms with Crippen LogP contribution in [0.15, 0.2) is 11.8 Å². The van der Waals surface area contributed by atoms with E-state index in [1.54, 1.807) is 0 Å². The number of nitrogens with two attached hydrogens (primary N) is 1. The molecule has 0 saturated heterocycles. The van der Waals surface area contributed by atoms with Crippen molar-refractivity contribution >= 4 is 23.9 Å². The summed E-state index contributed by atoms with van der Waals surface area (Å²) < 4.78 is 4.31. The molecule has 0 amide bonds. The summed E-state index contributed by atoms with van der Waals surface area (Å²) in [5, 5.41) is 8.59. The molecule has 9 nitrogen and oxygen atoms in total. The van der Waals surface area contributed by atoms with Gasteiger partial charge in [0.2, 0.25) is 5.76 Å². The number of rotatable bonds is 1. The van der Waals surface area contributed by atoms with Gasteiger partial charge < -0.3 is 15.6 Å². The van der Waals surface area contributed by atoms with Crippen molar-refractivity contribution in [2.75, 3.05) is 0 Å². The van der Waals surface area contributed by atoms with Crippen LogP contribution in [-0.4, -0.2) is 35.0 Å². The standard InChI is InChI=1S/C8H7NO8/c9-3-1-5(10)16-17-6(11)2-4(7(12)13)15-8(3)14/h2-3H,1,9H2,(H,12,13)/b4-2+. The number of carbonyl (C=O) groups is 4. The van der Waals surface area contributed by atoms with E-state index in [2.05, 4.69) is 14.5 Å². The maximum absolute atomic E-state index is 11.2. The summed E-state index contributed by atoms with van der Waals surface area (Å²) in [5.41, 5.74) is 5.22. The van der Waals surface area contributed by atoms with E-state index < -0.39 is 42.1 Å². The van der Waals surface area contributed by atoms with Gasteiger partial charge in [-0.2, -0.15) is 0 Å². The first-order valence-corrected chi connectivity index (χ1v) is 4.23. The highest BCUT2D eigenvalue weighted by Crippen LogP contribution is 2.06. The van der Waals surface area contributed by atoms with E-state index in [-0.39, 0.29) is 0 Å². The number of ether oxygens (including phenoxy) is 1. The Hall–Kier alpha value is -2.42. The lowest BCUT2D eigenvalue weighted by molar-refractivity contribution is -0.255. The van der Waals surface area contributed by atoms with Crippen molar-refractivity contribution in [3.63, 3.8) is 0 Å². The molecule has 1 aliphatic heterocycles. The van der Waals surface area contributed by atoms with Gasteiger partial charge in [-0.05, 0) is 0 Å². The number of carboxylic acids is 1. The highest BCUT2D eigenvalue weighted by atomic mass is 17.2. The molecule has 1 unspecified atom stereocenters. The van der Waals surface area contributed by atoms with Gasteiger partial charge in [0, 0.05) is 0 Å². The van der Waals surface area contributed by atoms with Gasteiger partial charge in [0.1, 0.15) is 6.04 Å². The van der Waals surface area contributed by atoms with Crippen LogP contribution in [0.25, 0.3) is 0 Å². The van der Waals surface area contributed by atoms with Crippen molar-refractivity contribution in [1.82, 2.24) is 0 Å². The van der Waals surface area contributed by atoms with Crippen molar-refractivity contribution in [3.8, 4) is 0 Å². The number of aliphatic carboxylic acids is 1. The van der Waals surface area contributed by atoms with Crippen LogP contribution >= 0.6 is 0 Å². The molecular weight excluding hydrogens is 238 g/mol. The second-order valence-electron chi connectivity index (χ2n) is 2.90. The van der Waals surface area contributed by atoms with E-state index in [1.165, 1.54) is 0 Å². The lowest BCUT2D eigenvalue weighted by atomic mass is 10.2. The molecule has 0 spiro atoms. The fourth-order valence-corrected chi connectivity index (χ4v) is 0.834. The first-order chi connectivity index (χ1) is 7.90. The molecule has 0 saturated carbocycles. The normalized spacial score (nSPS) is 24.9. The maximum Gasteiger partial charge on any atom is 0.383 e. The first-order valence-electron chi connectivity index (χ1n) is 4.23. The summed E-state index contributed by atoms with van der Waals surface area (Å²) >= 11 is 0. The smallest absolute Gasteiger partial charge is 0.383 e. The Morgan fingerprint density at radius 1 is 1.35 bits per heavy atom. The molecule has 0 aromatic heterocycles. The van der Waals surface area contributed by atoms with Crippen LogP contribution in [-0.2, 0) is 33.7 Å². The van der Waals surface area contributed by atoms with Crippen LogP contribution < -0.4 is 5.73 Å². The largest absolute Gasteiger partial charge is 0.475 e. The predicted molar refractivity (Wildman–Crippen MR) is 46.6 cm³/mol. The average molecular weight is 245 g/mol. The van der Waals surface area contributed by atoms with Crippen LogP contribution in [0.4, 0.5) is 0 Å². The molecule has 0 aromatic carbocycles. The van der Waals surface area contributed by atoms with Crippen molar-refractivity contribution < 1.29 is 38.8 Å². The number of carbonyl (C=O) groups excluding carboxylic acids is 3. The minimum atomic E-state index is -1.67. The third-order valence-electron chi connectivity index (χ3n) is 1.58. The van der Waals surface area contributed by atoms with Crippen LogP contribution in [0.3, 0.4) is 0 Å². The highest BCUT2D eigenvalue weighted by molar-refractivity contribution is 5.97. The number of hydrogen-bond acceptors (Lipinski definition) is 8. The Morgan fingerprint density at radius 2 is 2.00 bits per heavy atom. The number of cyclic esters (lactones) is 1. The first kappa shape index (κ1) is 12.6. The van der Waals surface area contributed by atoms with Gasteiger partial charge in [0.05, 0.1) is 12.5 Å². The van der Waals surface area contributed by atoms with Crippen molar-refractivity contribution in [1.29, 1.82) is 0 Å².